The Morgan fingerprint density at radius 2 is 1.94 bits per heavy atom. The summed E-state index contributed by atoms with van der Waals surface area (Å²) in [6, 6.07) is 6.21. The molecule has 0 unspecified atom stereocenters. The molecule has 0 saturated heterocycles. The number of nitrogens with one attached hydrogen (secondary N) is 1. The van der Waals surface area contributed by atoms with Crippen LogP contribution in [-0.4, -0.2) is 16.8 Å². The molecule has 0 spiro atoms. The highest BCUT2D eigenvalue weighted by Crippen LogP contribution is 2.11. The van der Waals surface area contributed by atoms with Gasteiger partial charge in [-0.1, -0.05) is 0 Å². The van der Waals surface area contributed by atoms with Gasteiger partial charge in [0.15, 0.2) is 0 Å². The van der Waals surface area contributed by atoms with Crippen LogP contribution in [0.4, 0.5) is 5.69 Å². The van der Waals surface area contributed by atoms with Crippen LogP contribution in [0.15, 0.2) is 34.9 Å². The SMILES string of the molecule is Cc1cnc(C(=O)Nc2ccc(C(N)=O)cc2)o1. The van der Waals surface area contributed by atoms with Crippen molar-refractivity contribution in [2.24, 2.45) is 5.73 Å². The molecule has 2 amide bonds. The number of hydrogen-bond donors (Lipinski definition) is 2. The van der Waals surface area contributed by atoms with Crippen molar-refractivity contribution in [2.45, 2.75) is 6.92 Å². The van der Waals surface area contributed by atoms with E-state index >= 15 is 0 Å². The van der Waals surface area contributed by atoms with Gasteiger partial charge in [-0.15, -0.1) is 0 Å². The van der Waals surface area contributed by atoms with Crippen molar-refractivity contribution in [1.82, 2.24) is 4.98 Å². The third kappa shape index (κ3) is 2.54. The Morgan fingerprint density at radius 1 is 1.28 bits per heavy atom. The summed E-state index contributed by atoms with van der Waals surface area (Å²) in [5.74, 6) is -0.415. The van der Waals surface area contributed by atoms with E-state index in [-0.39, 0.29) is 5.89 Å². The zero-order chi connectivity index (χ0) is 13.1. The Morgan fingerprint density at radius 3 is 2.44 bits per heavy atom. The highest BCUT2D eigenvalue weighted by molar-refractivity contribution is 6.01. The minimum Gasteiger partial charge on any atom is -0.438 e. The van der Waals surface area contributed by atoms with Gasteiger partial charge in [-0.05, 0) is 31.2 Å². The van der Waals surface area contributed by atoms with Crippen molar-refractivity contribution in [3.63, 3.8) is 0 Å². The number of primary amides is 1. The van der Waals surface area contributed by atoms with Gasteiger partial charge in [0.1, 0.15) is 5.76 Å². The third-order valence-corrected chi connectivity index (χ3v) is 2.24. The number of aryl methyl sites for hydroxylation is 1. The quantitative estimate of drug-likeness (QED) is 0.852. The van der Waals surface area contributed by atoms with Crippen LogP contribution in [0, 0.1) is 6.92 Å². The maximum absolute atomic E-state index is 11.7. The Balaban J connectivity index is 2.10. The summed E-state index contributed by atoms with van der Waals surface area (Å²) in [6.07, 6.45) is 1.46. The maximum Gasteiger partial charge on any atom is 0.311 e. The minimum absolute atomic E-state index is 0.00789. The number of hydrogen-bond acceptors (Lipinski definition) is 4. The van der Waals surface area contributed by atoms with Crippen molar-refractivity contribution in [2.75, 3.05) is 5.32 Å². The largest absolute Gasteiger partial charge is 0.438 e. The molecule has 0 aliphatic carbocycles. The van der Waals surface area contributed by atoms with E-state index in [0.717, 1.165) is 0 Å². The lowest BCUT2D eigenvalue weighted by molar-refractivity contribution is 0.0986. The summed E-state index contributed by atoms with van der Waals surface area (Å²) >= 11 is 0. The number of carbonyl (C=O) groups excluding carboxylic acids is 2. The molecule has 1 aromatic heterocycles. The molecule has 0 aliphatic rings. The molecule has 0 saturated carbocycles. The minimum atomic E-state index is -0.517. The topological polar surface area (TPSA) is 98.2 Å². The first-order chi connectivity index (χ1) is 8.56. The van der Waals surface area contributed by atoms with Gasteiger partial charge in [-0.3, -0.25) is 9.59 Å². The van der Waals surface area contributed by atoms with Gasteiger partial charge < -0.3 is 15.5 Å². The Hall–Kier alpha value is -2.63. The fourth-order valence-electron chi connectivity index (χ4n) is 1.36. The van der Waals surface area contributed by atoms with Crippen LogP contribution in [0.3, 0.4) is 0 Å². The van der Waals surface area contributed by atoms with Crippen LogP contribution in [-0.2, 0) is 0 Å². The number of nitrogens with zero attached hydrogens (tertiary/aromatic N) is 1. The predicted octanol–water partition coefficient (Wildman–Crippen LogP) is 1.33. The third-order valence-electron chi connectivity index (χ3n) is 2.24. The van der Waals surface area contributed by atoms with Crippen molar-refractivity contribution >= 4 is 17.5 Å². The summed E-state index contributed by atoms with van der Waals surface area (Å²) in [7, 11) is 0. The Bertz CT molecular complexity index is 587. The summed E-state index contributed by atoms with van der Waals surface area (Å²) < 4.78 is 5.08. The lowest BCUT2D eigenvalue weighted by Crippen LogP contribution is -2.13. The van der Waals surface area contributed by atoms with Crippen LogP contribution < -0.4 is 11.1 Å². The van der Waals surface area contributed by atoms with Crippen LogP contribution in [0.2, 0.25) is 0 Å². The number of anilines is 1. The first-order valence-electron chi connectivity index (χ1n) is 5.20. The number of carbonyl (C=O) groups is 2. The average molecular weight is 245 g/mol. The smallest absolute Gasteiger partial charge is 0.311 e. The van der Waals surface area contributed by atoms with E-state index in [4.69, 9.17) is 10.2 Å². The van der Waals surface area contributed by atoms with Gasteiger partial charge in [0.25, 0.3) is 5.89 Å². The van der Waals surface area contributed by atoms with E-state index in [0.29, 0.717) is 17.0 Å². The zero-order valence-electron chi connectivity index (χ0n) is 9.64. The first-order valence-corrected chi connectivity index (χ1v) is 5.20. The molecule has 92 valence electrons. The van der Waals surface area contributed by atoms with E-state index in [1.54, 1.807) is 19.1 Å². The molecule has 6 heteroatoms. The van der Waals surface area contributed by atoms with E-state index in [9.17, 15) is 9.59 Å². The summed E-state index contributed by atoms with van der Waals surface area (Å²) in [6.45, 7) is 1.70. The number of nitrogens with two attached hydrogens (primary N) is 1. The zero-order valence-corrected chi connectivity index (χ0v) is 9.64. The molecule has 0 aliphatic heterocycles. The fraction of sp³-hybridized carbons (Fsp3) is 0.0833. The van der Waals surface area contributed by atoms with E-state index < -0.39 is 11.8 Å². The maximum atomic E-state index is 11.7. The summed E-state index contributed by atoms with van der Waals surface area (Å²) in [4.78, 5) is 26.4. The van der Waals surface area contributed by atoms with E-state index in [1.807, 2.05) is 0 Å². The van der Waals surface area contributed by atoms with Gasteiger partial charge >= 0.3 is 5.91 Å². The van der Waals surface area contributed by atoms with E-state index in [2.05, 4.69) is 10.3 Å². The second-order valence-corrected chi connectivity index (χ2v) is 3.67. The summed E-state index contributed by atoms with van der Waals surface area (Å²) in [5, 5.41) is 2.59. The van der Waals surface area contributed by atoms with Crippen molar-refractivity contribution in [1.29, 1.82) is 0 Å². The van der Waals surface area contributed by atoms with Gasteiger partial charge in [0.2, 0.25) is 5.91 Å². The monoisotopic (exact) mass is 245 g/mol. The number of rotatable bonds is 3. The second-order valence-electron chi connectivity index (χ2n) is 3.67. The Labute approximate surface area is 103 Å². The molecule has 18 heavy (non-hydrogen) atoms. The molecule has 3 N–H and O–H groups in total. The lowest BCUT2D eigenvalue weighted by atomic mass is 10.2. The highest BCUT2D eigenvalue weighted by atomic mass is 16.4. The molecule has 0 fully saturated rings. The van der Waals surface area contributed by atoms with Crippen molar-refractivity contribution in [3.05, 3.63) is 47.7 Å². The van der Waals surface area contributed by atoms with Crippen molar-refractivity contribution in [3.8, 4) is 0 Å². The normalized spacial score (nSPS) is 10.1. The second kappa shape index (κ2) is 4.70. The van der Waals surface area contributed by atoms with Gasteiger partial charge in [0.05, 0.1) is 6.20 Å². The molecule has 0 atom stereocenters. The van der Waals surface area contributed by atoms with Crippen LogP contribution in [0.1, 0.15) is 26.8 Å². The predicted molar refractivity (Wildman–Crippen MR) is 64.2 cm³/mol. The molecular formula is C12H11N3O3. The van der Waals surface area contributed by atoms with Gasteiger partial charge in [0, 0.05) is 11.3 Å². The van der Waals surface area contributed by atoms with Crippen molar-refractivity contribution < 1.29 is 14.0 Å². The van der Waals surface area contributed by atoms with Crippen LogP contribution in [0.25, 0.3) is 0 Å². The molecule has 1 aromatic carbocycles. The molecule has 0 radical (unpaired) electrons. The molecular weight excluding hydrogens is 234 g/mol. The fourth-order valence-corrected chi connectivity index (χ4v) is 1.36. The number of benzene rings is 1. The molecule has 1 heterocycles. The van der Waals surface area contributed by atoms with E-state index in [1.165, 1.54) is 18.3 Å². The molecule has 2 aromatic rings. The van der Waals surface area contributed by atoms with Crippen LogP contribution >= 0.6 is 0 Å². The number of aromatic nitrogens is 1. The highest BCUT2D eigenvalue weighted by Gasteiger charge is 2.12. The van der Waals surface area contributed by atoms with Crippen LogP contribution in [0.5, 0.6) is 0 Å². The average Bonchev–Trinajstić information content (AvgIpc) is 2.76. The number of amides is 2. The molecule has 0 bridgehead atoms. The molecule has 2 rings (SSSR count). The van der Waals surface area contributed by atoms with Gasteiger partial charge in [-0.25, -0.2) is 4.98 Å². The lowest BCUT2D eigenvalue weighted by Gasteiger charge is -2.02. The number of oxazole rings is 1. The molecule has 6 nitrogen and oxygen atoms in total. The van der Waals surface area contributed by atoms with Gasteiger partial charge in [-0.2, -0.15) is 0 Å². The first kappa shape index (κ1) is 11.8. The standard InChI is InChI=1S/C12H11N3O3/c1-7-6-14-12(18-7)11(17)15-9-4-2-8(3-5-9)10(13)16/h2-6H,1H3,(H2,13,16)(H,15,17). The Kier molecular flexibility index (Phi) is 3.09. The summed E-state index contributed by atoms with van der Waals surface area (Å²) in [5.41, 5.74) is 6.01.